The molecule has 0 aliphatic rings. The van der Waals surface area contributed by atoms with Gasteiger partial charge in [0, 0.05) is 6.07 Å². The van der Waals surface area contributed by atoms with Crippen LogP contribution < -0.4 is 16.0 Å². The molecule has 0 radical (unpaired) electrons. The van der Waals surface area contributed by atoms with Crippen molar-refractivity contribution in [3.63, 3.8) is 0 Å². The summed E-state index contributed by atoms with van der Waals surface area (Å²) in [6, 6.07) is 4.87. The highest BCUT2D eigenvalue weighted by atomic mass is 79.9. The zero-order chi connectivity index (χ0) is 14.2. The SMILES string of the molecule is COc1cc(-n2c(O)c(C)c(=O)[nH]c2=O)ccc1Br. The molecule has 2 aromatic rings. The Balaban J connectivity index is 2.76. The average molecular weight is 327 g/mol. The second kappa shape index (κ2) is 4.93. The molecule has 0 saturated carbocycles. The Morgan fingerprint density at radius 2 is 2.05 bits per heavy atom. The number of aromatic hydroxyl groups is 1. The monoisotopic (exact) mass is 326 g/mol. The normalized spacial score (nSPS) is 10.5. The van der Waals surface area contributed by atoms with Gasteiger partial charge in [-0.15, -0.1) is 0 Å². The number of hydrogen-bond acceptors (Lipinski definition) is 4. The standard InChI is InChI=1S/C12H11BrN2O4/c1-6-10(16)14-12(18)15(11(6)17)7-3-4-8(13)9(5-7)19-2/h3-5,17H,1-2H3,(H,14,16,18). The van der Waals surface area contributed by atoms with E-state index >= 15 is 0 Å². The summed E-state index contributed by atoms with van der Waals surface area (Å²) in [4.78, 5) is 25.3. The molecule has 100 valence electrons. The van der Waals surface area contributed by atoms with Crippen molar-refractivity contribution in [1.29, 1.82) is 0 Å². The second-order valence-corrected chi connectivity index (χ2v) is 4.72. The maximum Gasteiger partial charge on any atom is 0.335 e. The van der Waals surface area contributed by atoms with Crippen molar-refractivity contribution in [3.05, 3.63) is 49.1 Å². The molecule has 2 rings (SSSR count). The number of methoxy groups -OCH3 is 1. The number of halogens is 1. The zero-order valence-electron chi connectivity index (χ0n) is 10.2. The number of H-pyrrole nitrogens is 1. The average Bonchev–Trinajstić information content (AvgIpc) is 2.38. The minimum atomic E-state index is -0.711. The van der Waals surface area contributed by atoms with E-state index in [0.717, 1.165) is 4.57 Å². The molecule has 0 saturated heterocycles. The van der Waals surface area contributed by atoms with Crippen molar-refractivity contribution in [2.45, 2.75) is 6.92 Å². The molecule has 6 nitrogen and oxygen atoms in total. The van der Waals surface area contributed by atoms with Gasteiger partial charge in [0.1, 0.15) is 5.75 Å². The van der Waals surface area contributed by atoms with Crippen LogP contribution in [0.4, 0.5) is 0 Å². The summed E-state index contributed by atoms with van der Waals surface area (Å²) in [5.74, 6) is 0.116. The lowest BCUT2D eigenvalue weighted by molar-refractivity contribution is 0.410. The van der Waals surface area contributed by atoms with E-state index in [1.807, 2.05) is 0 Å². The van der Waals surface area contributed by atoms with Gasteiger partial charge in [0.15, 0.2) is 0 Å². The van der Waals surface area contributed by atoms with Crippen molar-refractivity contribution in [3.8, 4) is 17.3 Å². The van der Waals surface area contributed by atoms with Gasteiger partial charge in [-0.3, -0.25) is 9.78 Å². The van der Waals surface area contributed by atoms with E-state index in [9.17, 15) is 14.7 Å². The minimum absolute atomic E-state index is 0.0708. The van der Waals surface area contributed by atoms with E-state index in [0.29, 0.717) is 15.9 Å². The van der Waals surface area contributed by atoms with Crippen molar-refractivity contribution < 1.29 is 9.84 Å². The van der Waals surface area contributed by atoms with Crippen LogP contribution >= 0.6 is 15.9 Å². The first-order valence-corrected chi connectivity index (χ1v) is 6.14. The zero-order valence-corrected chi connectivity index (χ0v) is 11.8. The second-order valence-electron chi connectivity index (χ2n) is 3.86. The highest BCUT2D eigenvalue weighted by molar-refractivity contribution is 9.10. The highest BCUT2D eigenvalue weighted by Gasteiger charge is 2.13. The maximum absolute atomic E-state index is 11.8. The Bertz CT molecular complexity index is 748. The topological polar surface area (TPSA) is 84.3 Å². The molecular weight excluding hydrogens is 316 g/mol. The van der Waals surface area contributed by atoms with Crippen LogP contribution in [0.1, 0.15) is 5.56 Å². The van der Waals surface area contributed by atoms with E-state index in [4.69, 9.17) is 4.74 Å². The first kappa shape index (κ1) is 13.4. The summed E-state index contributed by atoms with van der Waals surface area (Å²) in [6.07, 6.45) is 0. The fourth-order valence-corrected chi connectivity index (χ4v) is 2.05. The van der Waals surface area contributed by atoms with Crippen LogP contribution in [0.2, 0.25) is 0 Å². The fourth-order valence-electron chi connectivity index (χ4n) is 1.64. The van der Waals surface area contributed by atoms with Gasteiger partial charge in [0.25, 0.3) is 5.56 Å². The molecular formula is C12H11BrN2O4. The summed E-state index contributed by atoms with van der Waals surface area (Å²) in [5.41, 5.74) is -0.858. The molecule has 19 heavy (non-hydrogen) atoms. The van der Waals surface area contributed by atoms with Crippen LogP contribution in [0.15, 0.2) is 32.3 Å². The van der Waals surface area contributed by atoms with Gasteiger partial charge in [-0.25, -0.2) is 9.36 Å². The van der Waals surface area contributed by atoms with Gasteiger partial charge in [-0.2, -0.15) is 0 Å². The largest absolute Gasteiger partial charge is 0.495 e. The molecule has 2 N–H and O–H groups in total. The highest BCUT2D eigenvalue weighted by Crippen LogP contribution is 2.28. The summed E-state index contributed by atoms with van der Waals surface area (Å²) in [5, 5.41) is 9.94. The predicted octanol–water partition coefficient (Wildman–Crippen LogP) is 1.31. The molecule has 0 fully saturated rings. The Kier molecular flexibility index (Phi) is 3.48. The van der Waals surface area contributed by atoms with Gasteiger partial charge in [0.05, 0.1) is 22.8 Å². The first-order valence-electron chi connectivity index (χ1n) is 5.34. The van der Waals surface area contributed by atoms with E-state index in [2.05, 4.69) is 20.9 Å². The molecule has 0 aliphatic carbocycles. The van der Waals surface area contributed by atoms with Crippen molar-refractivity contribution in [2.24, 2.45) is 0 Å². The summed E-state index contributed by atoms with van der Waals surface area (Å²) in [6.45, 7) is 1.43. The third-order valence-corrected chi connectivity index (χ3v) is 3.36. The molecule has 7 heteroatoms. The van der Waals surface area contributed by atoms with Crippen LogP contribution in [0.25, 0.3) is 5.69 Å². The molecule has 0 spiro atoms. The Hall–Kier alpha value is -2.02. The van der Waals surface area contributed by atoms with Gasteiger partial charge in [0.2, 0.25) is 5.88 Å². The Morgan fingerprint density at radius 3 is 2.68 bits per heavy atom. The molecule has 0 bridgehead atoms. The van der Waals surface area contributed by atoms with E-state index in [-0.39, 0.29) is 5.56 Å². The minimum Gasteiger partial charge on any atom is -0.495 e. The lowest BCUT2D eigenvalue weighted by Crippen LogP contribution is -2.30. The van der Waals surface area contributed by atoms with E-state index < -0.39 is 17.1 Å². The Labute approximate surface area is 116 Å². The van der Waals surface area contributed by atoms with Crippen LogP contribution in [-0.4, -0.2) is 21.8 Å². The number of aromatic nitrogens is 2. The fraction of sp³-hybridized carbons (Fsp3) is 0.167. The number of hydrogen-bond donors (Lipinski definition) is 2. The van der Waals surface area contributed by atoms with E-state index in [1.54, 1.807) is 18.2 Å². The number of benzene rings is 1. The third-order valence-electron chi connectivity index (χ3n) is 2.70. The lowest BCUT2D eigenvalue weighted by Gasteiger charge is -2.11. The molecule has 1 aromatic heterocycles. The van der Waals surface area contributed by atoms with E-state index in [1.165, 1.54) is 14.0 Å². The number of nitrogens with one attached hydrogen (secondary N) is 1. The lowest BCUT2D eigenvalue weighted by atomic mass is 10.2. The number of nitrogens with zero attached hydrogens (tertiary/aromatic N) is 1. The van der Waals surface area contributed by atoms with Crippen LogP contribution in [-0.2, 0) is 0 Å². The van der Waals surface area contributed by atoms with Crippen LogP contribution in [0.5, 0.6) is 11.6 Å². The molecule has 0 unspecified atom stereocenters. The molecule has 1 heterocycles. The quantitative estimate of drug-likeness (QED) is 0.871. The van der Waals surface area contributed by atoms with Gasteiger partial charge in [-0.05, 0) is 35.0 Å². The molecule has 1 aromatic carbocycles. The van der Waals surface area contributed by atoms with Gasteiger partial charge in [-0.1, -0.05) is 0 Å². The number of aromatic amines is 1. The van der Waals surface area contributed by atoms with Crippen LogP contribution in [0, 0.1) is 6.92 Å². The van der Waals surface area contributed by atoms with Crippen molar-refractivity contribution in [1.82, 2.24) is 9.55 Å². The molecule has 0 atom stereocenters. The third kappa shape index (κ3) is 2.28. The Morgan fingerprint density at radius 1 is 1.37 bits per heavy atom. The van der Waals surface area contributed by atoms with Gasteiger partial charge >= 0.3 is 5.69 Å². The number of ether oxygens (including phenoxy) is 1. The molecule has 0 aliphatic heterocycles. The smallest absolute Gasteiger partial charge is 0.335 e. The maximum atomic E-state index is 11.8. The molecule has 0 amide bonds. The summed E-state index contributed by atoms with van der Waals surface area (Å²) >= 11 is 3.29. The predicted molar refractivity (Wildman–Crippen MR) is 73.3 cm³/mol. The van der Waals surface area contributed by atoms with Crippen molar-refractivity contribution >= 4 is 15.9 Å². The summed E-state index contributed by atoms with van der Waals surface area (Å²) in [7, 11) is 1.49. The van der Waals surface area contributed by atoms with Crippen LogP contribution in [0.3, 0.4) is 0 Å². The first-order chi connectivity index (χ1) is 8.95. The van der Waals surface area contributed by atoms with Crippen molar-refractivity contribution in [2.75, 3.05) is 7.11 Å². The van der Waals surface area contributed by atoms with Gasteiger partial charge < -0.3 is 9.84 Å². The summed E-state index contributed by atoms with van der Waals surface area (Å²) < 4.78 is 6.85. The number of rotatable bonds is 2.